The Morgan fingerprint density at radius 1 is 1.19 bits per heavy atom. The van der Waals surface area contributed by atoms with Gasteiger partial charge in [-0.15, -0.1) is 0 Å². The van der Waals surface area contributed by atoms with Crippen molar-refractivity contribution in [1.82, 2.24) is 9.78 Å². The molecule has 0 amide bonds. The van der Waals surface area contributed by atoms with Gasteiger partial charge in [-0.3, -0.25) is 19.1 Å². The summed E-state index contributed by atoms with van der Waals surface area (Å²) in [6.07, 6.45) is 0.514. The Morgan fingerprint density at radius 2 is 1.81 bits per heavy atom. The lowest BCUT2D eigenvalue weighted by molar-refractivity contribution is -0.213. The highest BCUT2D eigenvalue weighted by Crippen LogP contribution is 2.36. The molecule has 0 spiro atoms. The number of hydrogen-bond donors (Lipinski definition) is 0. The van der Waals surface area contributed by atoms with Crippen LogP contribution in [0.15, 0.2) is 12.4 Å². The molecule has 0 aliphatic carbocycles. The standard InChI is InChI=1S/C15H18ClIN2O7/c1-7(20)23-6-11-13(24-8(2)21)12(19-5-10(17)4-18-19)14(15(16)26-11)25-9(3)22/h4-5,11-15H,6H2,1-3H3/t11-,12+,13+,14-,15-/m1/s1. The van der Waals surface area contributed by atoms with Crippen molar-refractivity contribution in [1.29, 1.82) is 0 Å². The van der Waals surface area contributed by atoms with E-state index in [1.165, 1.54) is 25.5 Å². The van der Waals surface area contributed by atoms with E-state index >= 15 is 0 Å². The molecule has 0 radical (unpaired) electrons. The van der Waals surface area contributed by atoms with Crippen LogP contribution in [0.1, 0.15) is 26.8 Å². The Balaban J connectivity index is 2.42. The van der Waals surface area contributed by atoms with Crippen LogP contribution >= 0.6 is 34.2 Å². The van der Waals surface area contributed by atoms with Crippen molar-refractivity contribution < 1.29 is 33.3 Å². The third-order valence-corrected chi connectivity index (χ3v) is 4.44. The van der Waals surface area contributed by atoms with E-state index in [2.05, 4.69) is 27.7 Å². The molecule has 0 unspecified atom stereocenters. The maximum atomic E-state index is 11.6. The van der Waals surface area contributed by atoms with E-state index in [0.29, 0.717) is 0 Å². The van der Waals surface area contributed by atoms with Gasteiger partial charge in [0.15, 0.2) is 17.8 Å². The number of alkyl halides is 1. The van der Waals surface area contributed by atoms with Crippen molar-refractivity contribution >= 4 is 52.1 Å². The van der Waals surface area contributed by atoms with Gasteiger partial charge in [-0.25, -0.2) is 0 Å². The first-order valence-electron chi connectivity index (χ1n) is 7.66. The van der Waals surface area contributed by atoms with Gasteiger partial charge < -0.3 is 18.9 Å². The third kappa shape index (κ3) is 5.30. The normalized spacial score (nSPS) is 28.3. The van der Waals surface area contributed by atoms with E-state index in [1.54, 1.807) is 12.4 Å². The number of carbonyl (C=O) groups excluding carboxylic acids is 3. The molecule has 0 saturated carbocycles. The van der Waals surface area contributed by atoms with Crippen LogP contribution in [-0.4, -0.2) is 58.2 Å². The summed E-state index contributed by atoms with van der Waals surface area (Å²) in [4.78, 5) is 34.3. The predicted molar refractivity (Wildman–Crippen MR) is 96.2 cm³/mol. The van der Waals surface area contributed by atoms with E-state index in [0.717, 1.165) is 3.57 Å². The fourth-order valence-corrected chi connectivity index (χ4v) is 3.39. The fourth-order valence-electron chi connectivity index (χ4n) is 2.65. The van der Waals surface area contributed by atoms with Gasteiger partial charge in [0, 0.05) is 27.0 Å². The first-order valence-corrected chi connectivity index (χ1v) is 9.17. The second-order valence-electron chi connectivity index (χ2n) is 5.61. The molecular weight excluding hydrogens is 483 g/mol. The molecule has 0 aromatic carbocycles. The minimum Gasteiger partial charge on any atom is -0.463 e. The van der Waals surface area contributed by atoms with Crippen molar-refractivity contribution in [2.45, 2.75) is 50.7 Å². The highest BCUT2D eigenvalue weighted by molar-refractivity contribution is 14.1. The highest BCUT2D eigenvalue weighted by Gasteiger charge is 2.51. The fraction of sp³-hybridized carbons (Fsp3) is 0.600. The summed E-state index contributed by atoms with van der Waals surface area (Å²) in [6, 6.07) is -0.761. The van der Waals surface area contributed by atoms with E-state index in [-0.39, 0.29) is 6.61 Å². The maximum Gasteiger partial charge on any atom is 0.303 e. The molecule has 1 fully saturated rings. The molecule has 144 valence electrons. The van der Waals surface area contributed by atoms with Crippen LogP contribution in [-0.2, 0) is 33.3 Å². The Labute approximate surface area is 168 Å². The van der Waals surface area contributed by atoms with Gasteiger partial charge in [-0.1, -0.05) is 11.6 Å². The van der Waals surface area contributed by atoms with Crippen LogP contribution in [0.5, 0.6) is 0 Å². The van der Waals surface area contributed by atoms with Crippen LogP contribution in [0.3, 0.4) is 0 Å². The van der Waals surface area contributed by atoms with Gasteiger partial charge in [-0.2, -0.15) is 5.10 Å². The van der Waals surface area contributed by atoms with Crippen LogP contribution < -0.4 is 0 Å². The van der Waals surface area contributed by atoms with Crippen molar-refractivity contribution in [3.63, 3.8) is 0 Å². The van der Waals surface area contributed by atoms with E-state index in [4.69, 9.17) is 30.5 Å². The zero-order valence-electron chi connectivity index (χ0n) is 14.3. The summed E-state index contributed by atoms with van der Waals surface area (Å²) in [5, 5.41) is 4.22. The quantitative estimate of drug-likeness (QED) is 0.259. The molecule has 0 bridgehead atoms. The summed E-state index contributed by atoms with van der Waals surface area (Å²) < 4.78 is 23.6. The molecule has 9 nitrogen and oxygen atoms in total. The first-order chi connectivity index (χ1) is 12.2. The molecule has 2 heterocycles. The number of aromatic nitrogens is 2. The molecule has 5 atom stereocenters. The summed E-state index contributed by atoms with van der Waals surface area (Å²) in [5.41, 5.74) is -1.06. The Bertz CT molecular complexity index is 683. The molecule has 0 N–H and O–H groups in total. The van der Waals surface area contributed by atoms with Crippen LogP contribution in [0, 0.1) is 3.57 Å². The molecule has 1 aromatic rings. The Morgan fingerprint density at radius 3 is 2.31 bits per heavy atom. The van der Waals surface area contributed by atoms with Gasteiger partial charge in [0.25, 0.3) is 0 Å². The monoisotopic (exact) mass is 500 g/mol. The average molecular weight is 501 g/mol. The lowest BCUT2D eigenvalue weighted by Gasteiger charge is -2.43. The smallest absolute Gasteiger partial charge is 0.303 e. The lowest BCUT2D eigenvalue weighted by Crippen LogP contribution is -2.57. The van der Waals surface area contributed by atoms with Gasteiger partial charge in [0.1, 0.15) is 18.8 Å². The zero-order chi connectivity index (χ0) is 19.4. The molecular formula is C15H18ClIN2O7. The third-order valence-electron chi connectivity index (χ3n) is 3.53. The summed E-state index contributed by atoms with van der Waals surface area (Å²) in [6.45, 7) is 3.54. The van der Waals surface area contributed by atoms with Crippen molar-refractivity contribution in [2.75, 3.05) is 6.61 Å². The van der Waals surface area contributed by atoms with Crippen molar-refractivity contribution in [3.8, 4) is 0 Å². The van der Waals surface area contributed by atoms with E-state index in [9.17, 15) is 14.4 Å². The van der Waals surface area contributed by atoms with Gasteiger partial charge in [-0.05, 0) is 22.6 Å². The molecule has 1 aliphatic heterocycles. The molecule has 11 heteroatoms. The topological polar surface area (TPSA) is 106 Å². The number of halogens is 2. The van der Waals surface area contributed by atoms with E-state index in [1.807, 2.05) is 0 Å². The van der Waals surface area contributed by atoms with Crippen LogP contribution in [0.25, 0.3) is 0 Å². The van der Waals surface area contributed by atoms with Crippen LogP contribution in [0.2, 0.25) is 0 Å². The SMILES string of the molecule is CC(=O)OC[C@H]1O[C@@H](Cl)[C@H](OC(C)=O)[C@@H](n2cc(I)cn2)[C@H]1OC(C)=O. The van der Waals surface area contributed by atoms with Gasteiger partial charge in [0.2, 0.25) is 0 Å². The number of esters is 3. The number of nitrogens with zero attached hydrogens (tertiary/aromatic N) is 2. The molecule has 2 rings (SSSR count). The summed E-state index contributed by atoms with van der Waals surface area (Å²) in [7, 11) is 0. The molecule has 1 aromatic heterocycles. The predicted octanol–water partition coefficient (Wildman–Crippen LogP) is 1.42. The zero-order valence-corrected chi connectivity index (χ0v) is 17.2. The van der Waals surface area contributed by atoms with Gasteiger partial charge in [0.05, 0.1) is 9.77 Å². The minimum atomic E-state index is -1.06. The molecule has 1 saturated heterocycles. The highest BCUT2D eigenvalue weighted by atomic mass is 127. The average Bonchev–Trinajstić information content (AvgIpc) is 2.94. The number of hydrogen-bond acceptors (Lipinski definition) is 8. The number of ether oxygens (including phenoxy) is 4. The Kier molecular flexibility index (Phi) is 7.24. The summed E-state index contributed by atoms with van der Waals surface area (Å²) >= 11 is 8.33. The van der Waals surface area contributed by atoms with Crippen molar-refractivity contribution in [2.24, 2.45) is 0 Å². The number of rotatable bonds is 5. The minimum absolute atomic E-state index is 0.182. The lowest BCUT2D eigenvalue weighted by atomic mass is 9.96. The second kappa shape index (κ2) is 9.00. The van der Waals surface area contributed by atoms with Crippen molar-refractivity contribution in [3.05, 3.63) is 16.0 Å². The Hall–Kier alpha value is -1.40. The summed E-state index contributed by atoms with van der Waals surface area (Å²) in [5.74, 6) is -1.67. The maximum absolute atomic E-state index is 11.6. The van der Waals surface area contributed by atoms with Gasteiger partial charge >= 0.3 is 17.9 Å². The largest absolute Gasteiger partial charge is 0.463 e. The first kappa shape index (κ1) is 20.9. The molecule has 1 aliphatic rings. The molecule has 26 heavy (non-hydrogen) atoms. The van der Waals surface area contributed by atoms with E-state index < -0.39 is 47.8 Å². The van der Waals surface area contributed by atoms with Crippen LogP contribution in [0.4, 0.5) is 0 Å². The second-order valence-corrected chi connectivity index (χ2v) is 7.28. The number of carbonyl (C=O) groups is 3.